The molecule has 1 aliphatic heterocycles. The Morgan fingerprint density at radius 2 is 1.71 bits per heavy atom. The summed E-state index contributed by atoms with van der Waals surface area (Å²) >= 11 is 0. The Bertz CT molecular complexity index is 1340. The van der Waals surface area contributed by atoms with Crippen LogP contribution in [0.5, 0.6) is 11.5 Å². The summed E-state index contributed by atoms with van der Waals surface area (Å²) in [6.07, 6.45) is 0. The summed E-state index contributed by atoms with van der Waals surface area (Å²) in [5.41, 5.74) is 9.56. The van der Waals surface area contributed by atoms with E-state index < -0.39 is 0 Å². The molecule has 1 aliphatic rings. The predicted molar refractivity (Wildman–Crippen MR) is 120 cm³/mol. The van der Waals surface area contributed by atoms with Crippen LogP contribution in [-0.2, 0) is 6.61 Å². The SMILES string of the molecule is N#CC1=C(N)Oc2c(ccc3ccccc23)[C@@H]1c1cccc(OCc2ccccc2)c1. The van der Waals surface area contributed by atoms with Crippen molar-refractivity contribution in [1.82, 2.24) is 0 Å². The number of hydrogen-bond acceptors (Lipinski definition) is 4. The van der Waals surface area contributed by atoms with Crippen LogP contribution >= 0.6 is 0 Å². The Kier molecular flexibility index (Phi) is 4.78. The molecule has 0 aromatic heterocycles. The Balaban J connectivity index is 1.56. The highest BCUT2D eigenvalue weighted by molar-refractivity contribution is 5.90. The van der Waals surface area contributed by atoms with Crippen molar-refractivity contribution in [3.63, 3.8) is 0 Å². The lowest BCUT2D eigenvalue weighted by atomic mass is 9.82. The van der Waals surface area contributed by atoms with Gasteiger partial charge in [0.2, 0.25) is 5.88 Å². The molecule has 1 atom stereocenters. The highest BCUT2D eigenvalue weighted by Gasteiger charge is 2.31. The van der Waals surface area contributed by atoms with Gasteiger partial charge in [0, 0.05) is 10.9 Å². The van der Waals surface area contributed by atoms with Crippen LogP contribution in [0, 0.1) is 11.3 Å². The van der Waals surface area contributed by atoms with Gasteiger partial charge in [-0.3, -0.25) is 0 Å². The summed E-state index contributed by atoms with van der Waals surface area (Å²) in [4.78, 5) is 0. The second kappa shape index (κ2) is 7.89. The molecule has 0 radical (unpaired) electrons. The highest BCUT2D eigenvalue weighted by atomic mass is 16.5. The van der Waals surface area contributed by atoms with Gasteiger partial charge in [0.05, 0.1) is 5.92 Å². The van der Waals surface area contributed by atoms with Crippen LogP contribution in [0.2, 0.25) is 0 Å². The molecule has 0 amide bonds. The maximum atomic E-state index is 9.85. The quantitative estimate of drug-likeness (QED) is 0.478. The van der Waals surface area contributed by atoms with Crippen molar-refractivity contribution in [2.75, 3.05) is 0 Å². The molecule has 0 saturated heterocycles. The standard InChI is InChI=1S/C27H20N2O2/c28-16-24-25(20-10-6-11-21(15-20)30-17-18-7-2-1-3-8-18)23-14-13-19-9-4-5-12-22(19)26(23)31-27(24)29/h1-15,25H,17,29H2/t25-/m0/s1. The molecule has 0 spiro atoms. The van der Waals surface area contributed by atoms with Crippen LogP contribution in [0.15, 0.2) is 102 Å². The number of nitrogens with zero attached hydrogens (tertiary/aromatic N) is 1. The lowest BCUT2D eigenvalue weighted by molar-refractivity contribution is 0.306. The summed E-state index contributed by atoms with van der Waals surface area (Å²) < 4.78 is 12.0. The monoisotopic (exact) mass is 404 g/mol. The van der Waals surface area contributed by atoms with Crippen LogP contribution in [0.25, 0.3) is 10.8 Å². The van der Waals surface area contributed by atoms with Crippen molar-refractivity contribution in [3.8, 4) is 17.6 Å². The molecular weight excluding hydrogens is 384 g/mol. The number of ether oxygens (including phenoxy) is 2. The third-order valence-corrected chi connectivity index (χ3v) is 5.55. The first kappa shape index (κ1) is 18.8. The molecule has 0 fully saturated rings. The molecule has 4 aromatic carbocycles. The van der Waals surface area contributed by atoms with E-state index in [0.717, 1.165) is 33.2 Å². The number of fused-ring (bicyclic) bond motifs is 3. The Labute approximate surface area is 180 Å². The first-order chi connectivity index (χ1) is 15.2. The van der Waals surface area contributed by atoms with E-state index in [1.54, 1.807) is 0 Å². The predicted octanol–water partition coefficient (Wildman–Crippen LogP) is 5.64. The number of benzene rings is 4. The molecule has 0 unspecified atom stereocenters. The van der Waals surface area contributed by atoms with E-state index in [1.807, 2.05) is 84.9 Å². The minimum Gasteiger partial charge on any atom is -0.489 e. The van der Waals surface area contributed by atoms with E-state index in [9.17, 15) is 5.26 Å². The molecule has 4 aromatic rings. The molecule has 31 heavy (non-hydrogen) atoms. The van der Waals surface area contributed by atoms with Gasteiger partial charge in [-0.25, -0.2) is 0 Å². The lowest BCUT2D eigenvalue weighted by Crippen LogP contribution is -2.21. The average Bonchev–Trinajstić information content (AvgIpc) is 2.82. The van der Waals surface area contributed by atoms with Gasteiger partial charge >= 0.3 is 0 Å². The van der Waals surface area contributed by atoms with E-state index in [-0.39, 0.29) is 11.8 Å². The molecule has 150 valence electrons. The normalized spacial score (nSPS) is 15.1. The van der Waals surface area contributed by atoms with E-state index in [1.165, 1.54) is 0 Å². The molecule has 5 rings (SSSR count). The minimum atomic E-state index is -0.321. The highest BCUT2D eigenvalue weighted by Crippen LogP contribution is 2.45. The summed E-state index contributed by atoms with van der Waals surface area (Å²) in [6, 6.07) is 32.2. The molecule has 0 bridgehead atoms. The van der Waals surface area contributed by atoms with Crippen LogP contribution in [0.4, 0.5) is 0 Å². The fraction of sp³-hybridized carbons (Fsp3) is 0.0741. The topological polar surface area (TPSA) is 68.3 Å². The fourth-order valence-corrected chi connectivity index (χ4v) is 4.05. The Morgan fingerprint density at radius 3 is 2.55 bits per heavy atom. The van der Waals surface area contributed by atoms with Crippen LogP contribution in [-0.4, -0.2) is 0 Å². The third kappa shape index (κ3) is 3.47. The largest absolute Gasteiger partial charge is 0.489 e. The molecule has 0 saturated carbocycles. The molecular formula is C27H20N2O2. The van der Waals surface area contributed by atoms with Gasteiger partial charge in [0.15, 0.2) is 0 Å². The van der Waals surface area contributed by atoms with E-state index in [0.29, 0.717) is 17.9 Å². The van der Waals surface area contributed by atoms with Gasteiger partial charge in [0.25, 0.3) is 0 Å². The molecule has 0 aliphatic carbocycles. The summed E-state index contributed by atoms with van der Waals surface area (Å²) in [5.74, 6) is 1.27. The summed E-state index contributed by atoms with van der Waals surface area (Å²) in [5, 5.41) is 11.9. The van der Waals surface area contributed by atoms with Crippen molar-refractivity contribution < 1.29 is 9.47 Å². The van der Waals surface area contributed by atoms with Gasteiger partial charge in [0.1, 0.15) is 29.7 Å². The van der Waals surface area contributed by atoms with Gasteiger partial charge < -0.3 is 15.2 Å². The second-order valence-corrected chi connectivity index (χ2v) is 7.48. The first-order valence-electron chi connectivity index (χ1n) is 10.1. The smallest absolute Gasteiger partial charge is 0.205 e. The van der Waals surface area contributed by atoms with E-state index >= 15 is 0 Å². The zero-order valence-corrected chi connectivity index (χ0v) is 16.8. The van der Waals surface area contributed by atoms with Crippen LogP contribution in [0.1, 0.15) is 22.6 Å². The van der Waals surface area contributed by atoms with Gasteiger partial charge in [-0.2, -0.15) is 5.26 Å². The molecule has 4 nitrogen and oxygen atoms in total. The maximum Gasteiger partial charge on any atom is 0.205 e. The number of hydrogen-bond donors (Lipinski definition) is 1. The van der Waals surface area contributed by atoms with E-state index in [4.69, 9.17) is 15.2 Å². The van der Waals surface area contributed by atoms with Crippen molar-refractivity contribution in [2.24, 2.45) is 5.73 Å². The van der Waals surface area contributed by atoms with Crippen LogP contribution < -0.4 is 15.2 Å². The summed E-state index contributed by atoms with van der Waals surface area (Å²) in [7, 11) is 0. The fourth-order valence-electron chi connectivity index (χ4n) is 4.05. The number of nitriles is 1. The Hall–Kier alpha value is -4.23. The van der Waals surface area contributed by atoms with Gasteiger partial charge in [-0.15, -0.1) is 0 Å². The molecule has 2 N–H and O–H groups in total. The second-order valence-electron chi connectivity index (χ2n) is 7.48. The van der Waals surface area contributed by atoms with Crippen LogP contribution in [0.3, 0.4) is 0 Å². The minimum absolute atomic E-state index is 0.145. The van der Waals surface area contributed by atoms with Gasteiger partial charge in [-0.1, -0.05) is 78.9 Å². The van der Waals surface area contributed by atoms with Gasteiger partial charge in [-0.05, 0) is 28.6 Å². The average molecular weight is 404 g/mol. The molecule has 1 heterocycles. The van der Waals surface area contributed by atoms with Crippen molar-refractivity contribution in [2.45, 2.75) is 12.5 Å². The van der Waals surface area contributed by atoms with Crippen molar-refractivity contribution >= 4 is 10.8 Å². The molecule has 4 heteroatoms. The first-order valence-corrected chi connectivity index (χ1v) is 10.1. The number of allylic oxidation sites excluding steroid dienone is 1. The number of rotatable bonds is 4. The lowest BCUT2D eigenvalue weighted by Gasteiger charge is -2.27. The number of nitrogens with two attached hydrogens (primary N) is 1. The van der Waals surface area contributed by atoms with Crippen molar-refractivity contribution in [1.29, 1.82) is 5.26 Å². The van der Waals surface area contributed by atoms with E-state index in [2.05, 4.69) is 12.1 Å². The zero-order chi connectivity index (χ0) is 21.2. The third-order valence-electron chi connectivity index (χ3n) is 5.55. The summed E-state index contributed by atoms with van der Waals surface area (Å²) in [6.45, 7) is 0.475. The Morgan fingerprint density at radius 1 is 0.903 bits per heavy atom. The zero-order valence-electron chi connectivity index (χ0n) is 16.8. The van der Waals surface area contributed by atoms with Crippen molar-refractivity contribution in [3.05, 3.63) is 119 Å². The maximum absolute atomic E-state index is 9.85.